The van der Waals surface area contributed by atoms with Crippen LogP contribution in [0.3, 0.4) is 0 Å². The topological polar surface area (TPSA) is 49.0 Å². The molecule has 4 nitrogen and oxygen atoms in total. The van der Waals surface area contributed by atoms with Crippen LogP contribution in [0, 0.1) is 12.7 Å². The average Bonchev–Trinajstić information content (AvgIpc) is 3.21. The van der Waals surface area contributed by atoms with E-state index in [2.05, 4.69) is 16.9 Å². The molecule has 1 N–H and O–H groups in total. The first-order valence-corrected chi connectivity index (χ1v) is 9.43. The van der Waals surface area contributed by atoms with E-state index in [1.807, 2.05) is 40.0 Å². The molecular formula is C23H26FN3O. The van der Waals surface area contributed by atoms with Crippen LogP contribution in [0.15, 0.2) is 48.8 Å². The molecule has 0 aliphatic heterocycles. The minimum absolute atomic E-state index is 0.0704. The quantitative estimate of drug-likeness (QED) is 0.641. The molecule has 0 atom stereocenters. The van der Waals surface area contributed by atoms with E-state index in [-0.39, 0.29) is 17.3 Å². The van der Waals surface area contributed by atoms with Gasteiger partial charge in [-0.25, -0.2) is 9.37 Å². The number of aromatic amines is 1. The predicted octanol–water partition coefficient (Wildman–Crippen LogP) is 5.45. The predicted molar refractivity (Wildman–Crippen MR) is 111 cm³/mol. The van der Waals surface area contributed by atoms with E-state index in [0.717, 1.165) is 28.7 Å². The number of rotatable bonds is 5. The summed E-state index contributed by atoms with van der Waals surface area (Å²) in [6.45, 7) is 8.14. The summed E-state index contributed by atoms with van der Waals surface area (Å²) < 4.78 is 13.6. The third-order valence-corrected chi connectivity index (χ3v) is 5.59. The third-order valence-electron chi connectivity index (χ3n) is 5.59. The lowest BCUT2D eigenvalue weighted by Gasteiger charge is -2.35. The number of imidazole rings is 1. The molecular weight excluding hydrogens is 353 g/mol. The molecule has 0 saturated heterocycles. The van der Waals surface area contributed by atoms with E-state index in [4.69, 9.17) is 0 Å². The van der Waals surface area contributed by atoms with Crippen molar-refractivity contribution in [3.63, 3.8) is 0 Å². The summed E-state index contributed by atoms with van der Waals surface area (Å²) in [5, 5.41) is 0. The van der Waals surface area contributed by atoms with Crippen LogP contribution in [-0.2, 0) is 0 Å². The molecule has 0 bridgehead atoms. The first kappa shape index (κ1) is 19.8. The highest BCUT2D eigenvalue weighted by Gasteiger charge is 2.29. The maximum atomic E-state index is 13.6. The summed E-state index contributed by atoms with van der Waals surface area (Å²) >= 11 is 0. The normalized spacial score (nSPS) is 11.5. The van der Waals surface area contributed by atoms with Gasteiger partial charge in [0.05, 0.1) is 0 Å². The Kier molecular flexibility index (Phi) is 5.36. The Morgan fingerprint density at radius 2 is 1.82 bits per heavy atom. The number of hydrogen-bond acceptors (Lipinski definition) is 2. The molecule has 0 spiro atoms. The van der Waals surface area contributed by atoms with E-state index in [1.54, 1.807) is 29.4 Å². The number of amides is 1. The third kappa shape index (κ3) is 3.57. The average molecular weight is 379 g/mol. The fraction of sp³-hybridized carbons (Fsp3) is 0.304. The van der Waals surface area contributed by atoms with Crippen LogP contribution >= 0.6 is 0 Å². The number of aryl methyl sites for hydroxylation is 1. The zero-order chi connectivity index (χ0) is 20.5. The van der Waals surface area contributed by atoms with Crippen molar-refractivity contribution in [1.29, 1.82) is 0 Å². The van der Waals surface area contributed by atoms with Crippen molar-refractivity contribution >= 4 is 5.91 Å². The monoisotopic (exact) mass is 379 g/mol. The number of nitrogens with one attached hydrogen (secondary N) is 1. The number of carbonyl (C=O) groups is 1. The Morgan fingerprint density at radius 3 is 2.39 bits per heavy atom. The molecule has 1 heterocycles. The van der Waals surface area contributed by atoms with Gasteiger partial charge in [0, 0.05) is 41.7 Å². The van der Waals surface area contributed by atoms with Gasteiger partial charge < -0.3 is 9.88 Å². The highest BCUT2D eigenvalue weighted by molar-refractivity contribution is 6.05. The molecule has 0 radical (unpaired) electrons. The van der Waals surface area contributed by atoms with Crippen molar-refractivity contribution in [1.82, 2.24) is 14.9 Å². The molecule has 3 rings (SSSR count). The number of benzene rings is 2. The van der Waals surface area contributed by atoms with E-state index in [0.29, 0.717) is 11.4 Å². The summed E-state index contributed by atoms with van der Waals surface area (Å²) in [6.07, 6.45) is 4.27. The molecule has 146 valence electrons. The first-order chi connectivity index (χ1) is 13.3. The van der Waals surface area contributed by atoms with Crippen molar-refractivity contribution < 1.29 is 9.18 Å². The van der Waals surface area contributed by atoms with Gasteiger partial charge in [-0.15, -0.1) is 0 Å². The van der Waals surface area contributed by atoms with Crippen molar-refractivity contribution in [3.05, 3.63) is 65.7 Å². The molecule has 0 aliphatic rings. The molecule has 5 heteroatoms. The molecule has 0 unspecified atom stereocenters. The fourth-order valence-electron chi connectivity index (χ4n) is 3.20. The Balaban J connectivity index is 2.27. The number of carbonyl (C=O) groups excluding carboxylic acids is 1. The minimum Gasteiger partial charge on any atom is -0.345 e. The van der Waals surface area contributed by atoms with E-state index < -0.39 is 0 Å². The van der Waals surface area contributed by atoms with E-state index >= 15 is 0 Å². The van der Waals surface area contributed by atoms with Gasteiger partial charge in [-0.2, -0.15) is 0 Å². The Hall–Kier alpha value is -2.95. The van der Waals surface area contributed by atoms with Crippen molar-refractivity contribution in [2.75, 3.05) is 7.05 Å². The van der Waals surface area contributed by atoms with E-state index in [9.17, 15) is 9.18 Å². The maximum absolute atomic E-state index is 13.6. The second-order valence-corrected chi connectivity index (χ2v) is 7.65. The van der Waals surface area contributed by atoms with Gasteiger partial charge in [0.15, 0.2) is 0 Å². The fourth-order valence-corrected chi connectivity index (χ4v) is 3.20. The SMILES string of the molecule is CCC(C)(C)N(C)C(=O)c1ccc(C)c(-c2ncc[nH]2)c1-c1ccc(F)cc1. The first-order valence-electron chi connectivity index (χ1n) is 9.43. The van der Waals surface area contributed by atoms with Gasteiger partial charge in [0.25, 0.3) is 5.91 Å². The summed E-state index contributed by atoms with van der Waals surface area (Å²) in [6, 6.07) is 10.0. The molecule has 0 aliphatic carbocycles. The summed E-state index contributed by atoms with van der Waals surface area (Å²) in [5.74, 6) is 0.302. The lowest BCUT2D eigenvalue weighted by Crippen LogP contribution is -2.44. The molecule has 0 saturated carbocycles. The van der Waals surface area contributed by atoms with Gasteiger partial charge in [0.1, 0.15) is 11.6 Å². The van der Waals surface area contributed by atoms with Crippen LogP contribution in [0.2, 0.25) is 0 Å². The Morgan fingerprint density at radius 1 is 1.14 bits per heavy atom. The summed E-state index contributed by atoms with van der Waals surface area (Å²) in [5.41, 5.74) is 3.68. The Bertz CT molecular complexity index is 976. The van der Waals surface area contributed by atoms with Gasteiger partial charge in [0.2, 0.25) is 0 Å². The van der Waals surface area contributed by atoms with Crippen LogP contribution in [0.4, 0.5) is 4.39 Å². The molecule has 1 aromatic heterocycles. The molecule has 0 fully saturated rings. The number of hydrogen-bond donors (Lipinski definition) is 1. The van der Waals surface area contributed by atoms with Gasteiger partial charge in [-0.3, -0.25) is 4.79 Å². The van der Waals surface area contributed by atoms with Gasteiger partial charge in [-0.1, -0.05) is 25.1 Å². The highest BCUT2D eigenvalue weighted by Crippen LogP contribution is 2.37. The number of nitrogens with zero attached hydrogens (tertiary/aromatic N) is 2. The smallest absolute Gasteiger partial charge is 0.254 e. The molecule has 1 amide bonds. The van der Waals surface area contributed by atoms with Gasteiger partial charge in [-0.05, 0) is 56.5 Å². The van der Waals surface area contributed by atoms with Crippen molar-refractivity contribution in [2.24, 2.45) is 0 Å². The lowest BCUT2D eigenvalue weighted by molar-refractivity contribution is 0.0621. The van der Waals surface area contributed by atoms with Crippen LogP contribution in [0.5, 0.6) is 0 Å². The maximum Gasteiger partial charge on any atom is 0.254 e. The zero-order valence-corrected chi connectivity index (χ0v) is 17.0. The summed E-state index contributed by atoms with van der Waals surface area (Å²) in [7, 11) is 1.83. The van der Waals surface area contributed by atoms with Crippen LogP contribution < -0.4 is 0 Å². The number of aromatic nitrogens is 2. The standard InChI is InChI=1S/C23H26FN3O/c1-6-23(3,4)27(5)22(28)18-12-7-15(2)19(21-25-13-14-26-21)20(18)16-8-10-17(24)11-9-16/h7-14H,6H2,1-5H3,(H,25,26). The lowest BCUT2D eigenvalue weighted by atomic mass is 9.89. The number of halogens is 1. The second kappa shape index (κ2) is 7.58. The molecule has 2 aromatic carbocycles. The minimum atomic E-state index is -0.312. The van der Waals surface area contributed by atoms with Crippen LogP contribution in [-0.4, -0.2) is 33.4 Å². The largest absolute Gasteiger partial charge is 0.345 e. The van der Waals surface area contributed by atoms with Crippen molar-refractivity contribution in [3.8, 4) is 22.5 Å². The van der Waals surface area contributed by atoms with Crippen LogP contribution in [0.25, 0.3) is 22.5 Å². The Labute approximate surface area is 165 Å². The molecule has 3 aromatic rings. The van der Waals surface area contributed by atoms with E-state index in [1.165, 1.54) is 12.1 Å². The number of H-pyrrole nitrogens is 1. The highest BCUT2D eigenvalue weighted by atomic mass is 19.1. The van der Waals surface area contributed by atoms with Crippen molar-refractivity contribution in [2.45, 2.75) is 39.7 Å². The second-order valence-electron chi connectivity index (χ2n) is 7.65. The van der Waals surface area contributed by atoms with Crippen LogP contribution in [0.1, 0.15) is 43.1 Å². The summed E-state index contributed by atoms with van der Waals surface area (Å²) in [4.78, 5) is 22.8. The molecule has 28 heavy (non-hydrogen) atoms. The van der Waals surface area contributed by atoms with Gasteiger partial charge >= 0.3 is 0 Å². The zero-order valence-electron chi connectivity index (χ0n) is 17.0.